The zero-order valence-electron chi connectivity index (χ0n) is 18.0. The molecule has 1 N–H and O–H groups in total. The molecule has 0 radical (unpaired) electrons. The van der Waals surface area contributed by atoms with Crippen LogP contribution in [-0.2, 0) is 24.5 Å². The van der Waals surface area contributed by atoms with Crippen molar-refractivity contribution in [3.05, 3.63) is 89.0 Å². The highest BCUT2D eigenvalue weighted by atomic mass is 16.5. The summed E-state index contributed by atoms with van der Waals surface area (Å²) in [5, 5.41) is 2.92. The van der Waals surface area contributed by atoms with Crippen LogP contribution in [0.5, 0.6) is 17.2 Å². The summed E-state index contributed by atoms with van der Waals surface area (Å²) in [6, 6.07) is 21.4. The van der Waals surface area contributed by atoms with Crippen LogP contribution in [0.4, 0.5) is 0 Å². The van der Waals surface area contributed by atoms with Gasteiger partial charge in [0, 0.05) is 6.54 Å². The molecule has 3 aromatic carbocycles. The van der Waals surface area contributed by atoms with Crippen LogP contribution < -0.4 is 19.5 Å². The van der Waals surface area contributed by atoms with E-state index in [1.807, 2.05) is 54.6 Å². The highest BCUT2D eigenvalue weighted by molar-refractivity contribution is 5.98. The Labute approximate surface area is 182 Å². The minimum Gasteiger partial charge on any atom is -0.493 e. The molecule has 0 aliphatic heterocycles. The van der Waals surface area contributed by atoms with Gasteiger partial charge in [0.1, 0.15) is 0 Å². The maximum Gasteiger partial charge on any atom is 0.255 e. The van der Waals surface area contributed by atoms with E-state index in [9.17, 15) is 4.79 Å². The molecule has 162 valence electrons. The van der Waals surface area contributed by atoms with Gasteiger partial charge in [-0.05, 0) is 28.8 Å². The number of carbonyl (C=O) groups is 1. The monoisotopic (exact) mass is 421 g/mol. The number of rotatable bonds is 10. The Balaban J connectivity index is 1.56. The van der Waals surface area contributed by atoms with Crippen LogP contribution in [0.3, 0.4) is 0 Å². The van der Waals surface area contributed by atoms with E-state index in [1.54, 1.807) is 12.1 Å². The lowest BCUT2D eigenvalue weighted by Crippen LogP contribution is -2.23. The van der Waals surface area contributed by atoms with Gasteiger partial charge in [0.2, 0.25) is 5.75 Å². The summed E-state index contributed by atoms with van der Waals surface area (Å²) >= 11 is 0. The third kappa shape index (κ3) is 5.77. The van der Waals surface area contributed by atoms with Crippen LogP contribution in [0.2, 0.25) is 0 Å². The summed E-state index contributed by atoms with van der Waals surface area (Å²) in [6.45, 7) is 1.50. The SMILES string of the molecule is COc1ccc(C(=O)NCc2ccc(COCc3ccccc3)cc2)c(OC)c1OC. The molecule has 0 aliphatic carbocycles. The fourth-order valence-electron chi connectivity index (χ4n) is 3.17. The highest BCUT2D eigenvalue weighted by Gasteiger charge is 2.20. The van der Waals surface area contributed by atoms with Crippen molar-refractivity contribution in [3.63, 3.8) is 0 Å². The molecule has 31 heavy (non-hydrogen) atoms. The predicted molar refractivity (Wildman–Crippen MR) is 119 cm³/mol. The van der Waals surface area contributed by atoms with Gasteiger partial charge in [0.25, 0.3) is 5.91 Å². The maximum absolute atomic E-state index is 12.7. The van der Waals surface area contributed by atoms with Crippen LogP contribution in [0.1, 0.15) is 27.0 Å². The Morgan fingerprint density at radius 2 is 1.32 bits per heavy atom. The number of carbonyl (C=O) groups excluding carboxylic acids is 1. The van der Waals surface area contributed by atoms with Crippen LogP contribution in [-0.4, -0.2) is 27.2 Å². The van der Waals surface area contributed by atoms with Crippen molar-refractivity contribution in [2.75, 3.05) is 21.3 Å². The van der Waals surface area contributed by atoms with Gasteiger partial charge in [-0.1, -0.05) is 54.6 Å². The smallest absolute Gasteiger partial charge is 0.255 e. The predicted octanol–water partition coefficient (Wildman–Crippen LogP) is 4.36. The minimum absolute atomic E-state index is 0.256. The quantitative estimate of drug-likeness (QED) is 0.527. The largest absolute Gasteiger partial charge is 0.493 e. The van der Waals surface area contributed by atoms with Gasteiger partial charge in [0.15, 0.2) is 11.5 Å². The third-order valence-electron chi connectivity index (χ3n) is 4.81. The summed E-state index contributed by atoms with van der Waals surface area (Å²) in [7, 11) is 4.53. The molecule has 0 saturated heterocycles. The summed E-state index contributed by atoms with van der Waals surface area (Å²) < 4.78 is 21.8. The second-order valence-corrected chi connectivity index (χ2v) is 6.86. The van der Waals surface area contributed by atoms with E-state index in [1.165, 1.54) is 21.3 Å². The van der Waals surface area contributed by atoms with Crippen molar-refractivity contribution in [2.45, 2.75) is 19.8 Å². The van der Waals surface area contributed by atoms with E-state index in [2.05, 4.69) is 5.32 Å². The Kier molecular flexibility index (Phi) is 7.90. The van der Waals surface area contributed by atoms with Crippen molar-refractivity contribution >= 4 is 5.91 Å². The first-order chi connectivity index (χ1) is 15.2. The van der Waals surface area contributed by atoms with Gasteiger partial charge in [-0.3, -0.25) is 4.79 Å². The lowest BCUT2D eigenvalue weighted by Gasteiger charge is -2.15. The van der Waals surface area contributed by atoms with Crippen LogP contribution in [0.25, 0.3) is 0 Å². The van der Waals surface area contributed by atoms with Crippen molar-refractivity contribution in [1.82, 2.24) is 5.32 Å². The highest BCUT2D eigenvalue weighted by Crippen LogP contribution is 2.39. The minimum atomic E-state index is -0.256. The van der Waals surface area contributed by atoms with Crippen molar-refractivity contribution in [2.24, 2.45) is 0 Å². The Morgan fingerprint density at radius 3 is 1.94 bits per heavy atom. The van der Waals surface area contributed by atoms with E-state index in [4.69, 9.17) is 18.9 Å². The zero-order valence-corrected chi connectivity index (χ0v) is 18.0. The molecular formula is C25H27NO5. The summed E-state index contributed by atoms with van der Waals surface area (Å²) in [6.07, 6.45) is 0. The Hall–Kier alpha value is -3.51. The number of ether oxygens (including phenoxy) is 4. The zero-order chi connectivity index (χ0) is 22.1. The van der Waals surface area contributed by atoms with Gasteiger partial charge >= 0.3 is 0 Å². The number of hydrogen-bond acceptors (Lipinski definition) is 5. The average molecular weight is 421 g/mol. The van der Waals surface area contributed by atoms with E-state index in [0.29, 0.717) is 42.6 Å². The Bertz CT molecular complexity index is 987. The molecule has 6 heteroatoms. The van der Waals surface area contributed by atoms with Gasteiger partial charge in [-0.25, -0.2) is 0 Å². The van der Waals surface area contributed by atoms with E-state index in [-0.39, 0.29) is 5.91 Å². The second kappa shape index (κ2) is 11.0. The topological polar surface area (TPSA) is 66.0 Å². The number of methoxy groups -OCH3 is 3. The Morgan fingerprint density at radius 1 is 0.710 bits per heavy atom. The molecule has 0 unspecified atom stereocenters. The van der Waals surface area contributed by atoms with Gasteiger partial charge < -0.3 is 24.3 Å². The molecule has 0 saturated carbocycles. The van der Waals surface area contributed by atoms with Gasteiger partial charge in [0.05, 0.1) is 40.1 Å². The molecule has 0 aliphatic rings. The molecule has 3 aromatic rings. The molecule has 0 bridgehead atoms. The van der Waals surface area contributed by atoms with E-state index < -0.39 is 0 Å². The number of nitrogens with one attached hydrogen (secondary N) is 1. The third-order valence-corrected chi connectivity index (χ3v) is 4.81. The van der Waals surface area contributed by atoms with Gasteiger partial charge in [-0.15, -0.1) is 0 Å². The molecule has 0 atom stereocenters. The van der Waals surface area contributed by atoms with Crippen LogP contribution in [0.15, 0.2) is 66.7 Å². The molecule has 0 fully saturated rings. The molecule has 1 amide bonds. The van der Waals surface area contributed by atoms with Crippen molar-refractivity contribution < 1.29 is 23.7 Å². The van der Waals surface area contributed by atoms with E-state index >= 15 is 0 Å². The van der Waals surface area contributed by atoms with Crippen molar-refractivity contribution in [1.29, 1.82) is 0 Å². The lowest BCUT2D eigenvalue weighted by molar-refractivity contribution is 0.0947. The molecule has 0 spiro atoms. The fourth-order valence-corrected chi connectivity index (χ4v) is 3.17. The molecule has 0 heterocycles. The first-order valence-electron chi connectivity index (χ1n) is 9.93. The normalized spacial score (nSPS) is 10.4. The molecule has 6 nitrogen and oxygen atoms in total. The first kappa shape index (κ1) is 22.2. The number of amides is 1. The second-order valence-electron chi connectivity index (χ2n) is 6.86. The lowest BCUT2D eigenvalue weighted by atomic mass is 10.1. The molecular weight excluding hydrogens is 394 g/mol. The summed E-state index contributed by atoms with van der Waals surface area (Å²) in [4.78, 5) is 12.7. The first-order valence-corrected chi connectivity index (χ1v) is 9.93. The summed E-state index contributed by atoms with van der Waals surface area (Å²) in [5.74, 6) is 0.969. The maximum atomic E-state index is 12.7. The van der Waals surface area contributed by atoms with Crippen LogP contribution in [0, 0.1) is 0 Å². The van der Waals surface area contributed by atoms with Crippen molar-refractivity contribution in [3.8, 4) is 17.2 Å². The standard InChI is InChI=1S/C25H27NO5/c1-28-22-14-13-21(23(29-2)24(22)30-3)25(27)26-15-18-9-11-20(12-10-18)17-31-16-19-7-5-4-6-8-19/h4-14H,15-17H2,1-3H3,(H,26,27). The number of hydrogen-bond donors (Lipinski definition) is 1. The van der Waals surface area contributed by atoms with Crippen LogP contribution >= 0.6 is 0 Å². The fraction of sp³-hybridized carbons (Fsp3) is 0.240. The average Bonchev–Trinajstić information content (AvgIpc) is 2.82. The van der Waals surface area contributed by atoms with E-state index in [0.717, 1.165) is 16.7 Å². The molecule has 0 aromatic heterocycles. The van der Waals surface area contributed by atoms with Gasteiger partial charge in [-0.2, -0.15) is 0 Å². The number of benzene rings is 3. The molecule has 3 rings (SSSR count). The summed E-state index contributed by atoms with van der Waals surface area (Å²) in [5.41, 5.74) is 3.59.